The van der Waals surface area contributed by atoms with Gasteiger partial charge in [0.15, 0.2) is 0 Å². The number of primary amides is 4. The zero-order valence-electron chi connectivity index (χ0n) is 11.1. The third-order valence-electron chi connectivity index (χ3n) is 2.25. The van der Waals surface area contributed by atoms with E-state index in [1.54, 1.807) is 0 Å². The molecule has 0 atom stereocenters. The van der Waals surface area contributed by atoms with Gasteiger partial charge in [0.1, 0.15) is 0 Å². The summed E-state index contributed by atoms with van der Waals surface area (Å²) in [4.78, 5) is 46.2. The Hall–Kier alpha value is -2.20. The highest BCUT2D eigenvalue weighted by Gasteiger charge is 2.15. The topological polar surface area (TPSA) is 179 Å². The normalized spacial score (nSPS) is 10.7. The van der Waals surface area contributed by atoms with Gasteiger partial charge in [-0.15, -0.1) is 0 Å². The van der Waals surface area contributed by atoms with Crippen LogP contribution in [-0.2, 0) is 19.2 Å². The number of nitrogens with two attached hydrogens (primary N) is 4. The molecule has 0 bridgehead atoms. The van der Waals surface area contributed by atoms with Gasteiger partial charge in [0.25, 0.3) is 0 Å². The van der Waals surface area contributed by atoms with Crippen molar-refractivity contribution in [3.8, 4) is 0 Å². The molecule has 0 unspecified atom stereocenters. The van der Waals surface area contributed by atoms with E-state index in [0.717, 1.165) is 0 Å². The van der Waals surface area contributed by atoms with Crippen molar-refractivity contribution in [2.75, 3.05) is 39.3 Å². The number of rotatable bonds is 11. The third-order valence-corrected chi connectivity index (χ3v) is 2.25. The summed E-state index contributed by atoms with van der Waals surface area (Å²) in [6, 6.07) is 0. The summed E-state index contributed by atoms with van der Waals surface area (Å²) in [5, 5.41) is 0. The van der Waals surface area contributed by atoms with Crippen molar-refractivity contribution in [3.63, 3.8) is 0 Å². The van der Waals surface area contributed by atoms with Crippen LogP contribution in [0.25, 0.3) is 0 Å². The molecule has 20 heavy (non-hydrogen) atoms. The van der Waals surface area contributed by atoms with Crippen LogP contribution in [-0.4, -0.2) is 72.7 Å². The average Bonchev–Trinajstić information content (AvgIpc) is 2.22. The van der Waals surface area contributed by atoms with Gasteiger partial charge in [0, 0.05) is 13.1 Å². The van der Waals surface area contributed by atoms with E-state index >= 15 is 0 Å². The molecule has 0 saturated carbocycles. The van der Waals surface area contributed by atoms with E-state index in [0.29, 0.717) is 0 Å². The lowest BCUT2D eigenvalue weighted by Gasteiger charge is -2.24. The van der Waals surface area contributed by atoms with Gasteiger partial charge < -0.3 is 22.9 Å². The fraction of sp³-hybridized carbons (Fsp3) is 0.600. The van der Waals surface area contributed by atoms with Crippen LogP contribution in [0, 0.1) is 0 Å². The SMILES string of the molecule is NC(=O)CN(CCN(CC(N)=O)CC(N)=O)CC(N)=O. The van der Waals surface area contributed by atoms with Gasteiger partial charge in [0.05, 0.1) is 26.2 Å². The van der Waals surface area contributed by atoms with Crippen LogP contribution in [0.3, 0.4) is 0 Å². The average molecular weight is 288 g/mol. The van der Waals surface area contributed by atoms with Gasteiger partial charge in [-0.05, 0) is 0 Å². The maximum absolute atomic E-state index is 10.9. The van der Waals surface area contributed by atoms with Gasteiger partial charge in [-0.25, -0.2) is 0 Å². The maximum Gasteiger partial charge on any atom is 0.231 e. The molecule has 0 aromatic rings. The van der Waals surface area contributed by atoms with Gasteiger partial charge in [0.2, 0.25) is 23.6 Å². The molecule has 0 aromatic carbocycles. The Balaban J connectivity index is 4.49. The van der Waals surface area contributed by atoms with E-state index in [2.05, 4.69) is 0 Å². The fourth-order valence-corrected chi connectivity index (χ4v) is 1.59. The molecule has 0 aliphatic carbocycles. The Kier molecular flexibility index (Phi) is 7.85. The predicted octanol–water partition coefficient (Wildman–Crippen LogP) is -4.47. The fourth-order valence-electron chi connectivity index (χ4n) is 1.59. The first-order valence-corrected chi connectivity index (χ1v) is 5.78. The Morgan fingerprint density at radius 3 is 0.900 bits per heavy atom. The zero-order chi connectivity index (χ0) is 15.7. The van der Waals surface area contributed by atoms with Crippen LogP contribution in [0.5, 0.6) is 0 Å². The lowest BCUT2D eigenvalue weighted by atomic mass is 10.3. The largest absolute Gasteiger partial charge is 0.369 e. The van der Waals surface area contributed by atoms with Crippen LogP contribution >= 0.6 is 0 Å². The summed E-state index contributed by atoms with van der Waals surface area (Å²) in [7, 11) is 0. The van der Waals surface area contributed by atoms with Crippen molar-refractivity contribution in [3.05, 3.63) is 0 Å². The molecule has 4 amide bonds. The first kappa shape index (κ1) is 17.8. The summed E-state index contributed by atoms with van der Waals surface area (Å²) in [6.45, 7) is -0.249. The minimum Gasteiger partial charge on any atom is -0.369 e. The van der Waals surface area contributed by atoms with Crippen molar-refractivity contribution in [1.82, 2.24) is 9.80 Å². The first-order valence-electron chi connectivity index (χ1n) is 5.78. The summed E-state index contributed by atoms with van der Waals surface area (Å²) >= 11 is 0. The Labute approximate surface area is 116 Å². The number of carbonyl (C=O) groups excluding carboxylic acids is 4. The monoisotopic (exact) mass is 288 g/mol. The molecule has 0 rings (SSSR count). The molecule has 0 heterocycles. The Morgan fingerprint density at radius 2 is 0.750 bits per heavy atom. The first-order chi connectivity index (χ1) is 9.20. The van der Waals surface area contributed by atoms with Gasteiger partial charge >= 0.3 is 0 Å². The zero-order valence-corrected chi connectivity index (χ0v) is 11.1. The second kappa shape index (κ2) is 8.82. The number of hydrogen-bond acceptors (Lipinski definition) is 6. The molecule has 10 nitrogen and oxygen atoms in total. The standard InChI is InChI=1S/C10H20N6O4/c11-7(17)3-15(4-8(12)18)1-2-16(5-9(13)19)6-10(14)20/h1-6H2,(H2,11,17)(H2,12,18)(H2,13,19)(H2,14,20). The van der Waals surface area contributed by atoms with Gasteiger partial charge in [-0.1, -0.05) is 0 Å². The predicted molar refractivity (Wildman–Crippen MR) is 69.7 cm³/mol. The number of hydrogen-bond donors (Lipinski definition) is 4. The van der Waals surface area contributed by atoms with Crippen molar-refractivity contribution >= 4 is 23.6 Å². The molecule has 0 aliphatic heterocycles. The van der Waals surface area contributed by atoms with E-state index in [9.17, 15) is 19.2 Å². The van der Waals surface area contributed by atoms with E-state index in [4.69, 9.17) is 22.9 Å². The smallest absolute Gasteiger partial charge is 0.231 e. The molecular weight excluding hydrogens is 268 g/mol. The summed E-state index contributed by atoms with van der Waals surface area (Å²) in [5.41, 5.74) is 20.2. The molecule has 0 saturated heterocycles. The van der Waals surface area contributed by atoms with E-state index in [-0.39, 0.29) is 39.3 Å². The lowest BCUT2D eigenvalue weighted by molar-refractivity contribution is -0.124. The number of amides is 4. The van der Waals surface area contributed by atoms with Crippen LogP contribution < -0.4 is 22.9 Å². The molecule has 0 spiro atoms. The van der Waals surface area contributed by atoms with Gasteiger partial charge in [-0.3, -0.25) is 29.0 Å². The molecule has 0 aliphatic rings. The Bertz CT molecular complexity index is 318. The van der Waals surface area contributed by atoms with Crippen molar-refractivity contribution in [2.45, 2.75) is 0 Å². The third kappa shape index (κ3) is 9.79. The van der Waals surface area contributed by atoms with E-state index in [1.807, 2.05) is 0 Å². The van der Waals surface area contributed by atoms with Crippen molar-refractivity contribution in [2.24, 2.45) is 22.9 Å². The highest BCUT2D eigenvalue weighted by Crippen LogP contribution is 1.92. The highest BCUT2D eigenvalue weighted by molar-refractivity contribution is 5.79. The lowest BCUT2D eigenvalue weighted by Crippen LogP contribution is -2.46. The van der Waals surface area contributed by atoms with E-state index in [1.165, 1.54) is 9.80 Å². The molecule has 0 aromatic heterocycles. The highest BCUT2D eigenvalue weighted by atomic mass is 16.2. The summed E-state index contributed by atoms with van der Waals surface area (Å²) in [6.07, 6.45) is 0. The quantitative estimate of drug-likeness (QED) is 0.297. The minimum absolute atomic E-state index is 0.163. The van der Waals surface area contributed by atoms with Crippen molar-refractivity contribution < 1.29 is 19.2 Å². The second-order valence-corrected chi connectivity index (χ2v) is 4.29. The van der Waals surface area contributed by atoms with Crippen LogP contribution in [0.1, 0.15) is 0 Å². The minimum atomic E-state index is -0.623. The molecule has 0 fully saturated rings. The van der Waals surface area contributed by atoms with Crippen LogP contribution in [0.4, 0.5) is 0 Å². The van der Waals surface area contributed by atoms with Crippen molar-refractivity contribution in [1.29, 1.82) is 0 Å². The molecule has 0 radical (unpaired) electrons. The summed E-state index contributed by atoms with van der Waals surface area (Å²) in [5.74, 6) is -2.49. The van der Waals surface area contributed by atoms with Crippen LogP contribution in [0.2, 0.25) is 0 Å². The van der Waals surface area contributed by atoms with Crippen LogP contribution in [0.15, 0.2) is 0 Å². The number of nitrogens with zero attached hydrogens (tertiary/aromatic N) is 2. The second-order valence-electron chi connectivity index (χ2n) is 4.29. The maximum atomic E-state index is 10.9. The molecular formula is C10H20N6O4. The molecule has 114 valence electrons. The molecule has 8 N–H and O–H groups in total. The Morgan fingerprint density at radius 1 is 0.550 bits per heavy atom. The van der Waals surface area contributed by atoms with E-state index < -0.39 is 23.6 Å². The summed E-state index contributed by atoms with van der Waals surface area (Å²) < 4.78 is 0. The van der Waals surface area contributed by atoms with Gasteiger partial charge in [-0.2, -0.15) is 0 Å². The molecule has 10 heteroatoms. The number of carbonyl (C=O) groups is 4.